The summed E-state index contributed by atoms with van der Waals surface area (Å²) in [6.45, 7) is 2.79. The predicted molar refractivity (Wildman–Crippen MR) is 82.0 cm³/mol. The molecule has 5 heteroatoms. The molecule has 0 spiro atoms. The molecule has 1 amide bonds. The smallest absolute Gasteiger partial charge is 0.255 e. The van der Waals surface area contributed by atoms with Crippen LogP contribution in [0.5, 0.6) is 11.5 Å². The van der Waals surface area contributed by atoms with Gasteiger partial charge in [0.15, 0.2) is 0 Å². The topological polar surface area (TPSA) is 67.8 Å². The van der Waals surface area contributed by atoms with Crippen molar-refractivity contribution in [1.82, 2.24) is 5.32 Å². The van der Waals surface area contributed by atoms with E-state index in [2.05, 4.69) is 12.2 Å². The molecule has 2 N–H and O–H groups in total. The molecule has 1 aromatic carbocycles. The molecule has 0 saturated heterocycles. The van der Waals surface area contributed by atoms with E-state index in [1.807, 2.05) is 0 Å². The number of methoxy groups -OCH3 is 2. The normalized spacial score (nSPS) is 11.8. The van der Waals surface area contributed by atoms with Crippen LogP contribution in [0.3, 0.4) is 0 Å². The highest BCUT2D eigenvalue weighted by atomic mass is 16.5. The zero-order valence-electron chi connectivity index (χ0n) is 13.0. The molecule has 0 aliphatic rings. The van der Waals surface area contributed by atoms with E-state index >= 15 is 0 Å². The van der Waals surface area contributed by atoms with Crippen molar-refractivity contribution in [2.45, 2.75) is 26.2 Å². The molecule has 0 radical (unpaired) electrons. The minimum Gasteiger partial charge on any atom is -0.497 e. The van der Waals surface area contributed by atoms with Gasteiger partial charge in [-0.25, -0.2) is 0 Å². The second-order valence-electron chi connectivity index (χ2n) is 4.94. The highest BCUT2D eigenvalue weighted by molar-refractivity contribution is 5.97. The first-order chi connectivity index (χ1) is 10.2. The average Bonchev–Trinajstić information content (AvgIpc) is 2.52. The monoisotopic (exact) mass is 295 g/mol. The van der Waals surface area contributed by atoms with Crippen molar-refractivity contribution in [1.29, 1.82) is 0 Å². The quantitative estimate of drug-likeness (QED) is 0.733. The molecule has 1 atom stereocenters. The zero-order valence-corrected chi connectivity index (χ0v) is 13.0. The minimum absolute atomic E-state index is 0.142. The standard InChI is InChI=1S/C16H25NO4/c1-4-5-12(8-9-18)11-17-16(19)14-10-13(20-2)6-7-15(14)21-3/h6-7,10,12,18H,4-5,8-9,11H2,1-3H3,(H,17,19). The lowest BCUT2D eigenvalue weighted by Gasteiger charge is -2.16. The summed E-state index contributed by atoms with van der Waals surface area (Å²) in [4.78, 5) is 12.3. The number of aliphatic hydroxyl groups is 1. The van der Waals surface area contributed by atoms with Gasteiger partial charge in [0.1, 0.15) is 11.5 Å². The number of carbonyl (C=O) groups excluding carboxylic acids is 1. The largest absolute Gasteiger partial charge is 0.497 e. The van der Waals surface area contributed by atoms with Crippen LogP contribution < -0.4 is 14.8 Å². The molecule has 0 fully saturated rings. The fourth-order valence-electron chi connectivity index (χ4n) is 2.26. The number of hydrogen-bond donors (Lipinski definition) is 2. The number of hydrogen-bond acceptors (Lipinski definition) is 4. The SMILES string of the molecule is CCCC(CCO)CNC(=O)c1cc(OC)ccc1OC. The number of benzene rings is 1. The Labute approximate surface area is 126 Å². The van der Waals surface area contributed by atoms with Gasteiger partial charge < -0.3 is 19.9 Å². The fourth-order valence-corrected chi connectivity index (χ4v) is 2.26. The van der Waals surface area contributed by atoms with E-state index < -0.39 is 0 Å². The average molecular weight is 295 g/mol. The first-order valence-electron chi connectivity index (χ1n) is 7.27. The Kier molecular flexibility index (Phi) is 7.61. The summed E-state index contributed by atoms with van der Waals surface area (Å²) < 4.78 is 10.4. The Hall–Kier alpha value is -1.75. The van der Waals surface area contributed by atoms with E-state index in [0.717, 1.165) is 12.8 Å². The van der Waals surface area contributed by atoms with E-state index in [4.69, 9.17) is 14.6 Å². The van der Waals surface area contributed by atoms with E-state index in [1.165, 1.54) is 7.11 Å². The maximum absolute atomic E-state index is 12.3. The summed E-state index contributed by atoms with van der Waals surface area (Å²) in [5, 5.41) is 12.0. The zero-order chi connectivity index (χ0) is 15.7. The van der Waals surface area contributed by atoms with Crippen molar-refractivity contribution in [2.24, 2.45) is 5.92 Å². The summed E-state index contributed by atoms with van der Waals surface area (Å²) in [5.74, 6) is 1.23. The number of amides is 1. The number of aliphatic hydroxyl groups excluding tert-OH is 1. The van der Waals surface area contributed by atoms with Crippen LogP contribution in [0, 0.1) is 5.92 Å². The van der Waals surface area contributed by atoms with Crippen molar-refractivity contribution in [3.8, 4) is 11.5 Å². The molecule has 0 aliphatic carbocycles. The van der Waals surface area contributed by atoms with Gasteiger partial charge in [-0.15, -0.1) is 0 Å². The lowest BCUT2D eigenvalue weighted by Crippen LogP contribution is -2.30. The van der Waals surface area contributed by atoms with Gasteiger partial charge in [-0.05, 0) is 37.0 Å². The first kappa shape index (κ1) is 17.3. The summed E-state index contributed by atoms with van der Waals surface area (Å²) in [5.41, 5.74) is 0.455. The second-order valence-corrected chi connectivity index (χ2v) is 4.94. The third-order valence-corrected chi connectivity index (χ3v) is 3.44. The molecule has 0 aromatic heterocycles. The third kappa shape index (κ3) is 5.27. The van der Waals surface area contributed by atoms with E-state index in [9.17, 15) is 4.79 Å². The van der Waals surface area contributed by atoms with E-state index in [0.29, 0.717) is 35.9 Å². The third-order valence-electron chi connectivity index (χ3n) is 3.44. The van der Waals surface area contributed by atoms with Crippen LogP contribution in [-0.4, -0.2) is 38.4 Å². The van der Waals surface area contributed by atoms with Crippen molar-refractivity contribution in [3.63, 3.8) is 0 Å². The molecule has 0 saturated carbocycles. The number of ether oxygens (including phenoxy) is 2. The molecule has 118 valence electrons. The Balaban J connectivity index is 2.73. The molecule has 0 bridgehead atoms. The highest BCUT2D eigenvalue weighted by Crippen LogP contribution is 2.24. The van der Waals surface area contributed by atoms with Gasteiger partial charge in [-0.2, -0.15) is 0 Å². The number of carbonyl (C=O) groups is 1. The lowest BCUT2D eigenvalue weighted by atomic mass is 10.00. The maximum atomic E-state index is 12.3. The Bertz CT molecular complexity index is 442. The molecule has 1 aromatic rings. The van der Waals surface area contributed by atoms with E-state index in [-0.39, 0.29) is 12.5 Å². The summed E-state index contributed by atoms with van der Waals surface area (Å²) in [7, 11) is 3.09. The second kappa shape index (κ2) is 9.23. The van der Waals surface area contributed by atoms with Crippen molar-refractivity contribution >= 4 is 5.91 Å². The summed E-state index contributed by atoms with van der Waals surface area (Å²) in [6.07, 6.45) is 2.71. The molecule has 0 aliphatic heterocycles. The Morgan fingerprint density at radius 3 is 2.62 bits per heavy atom. The van der Waals surface area contributed by atoms with Crippen LogP contribution >= 0.6 is 0 Å². The van der Waals surface area contributed by atoms with Gasteiger partial charge in [0.05, 0.1) is 19.8 Å². The van der Waals surface area contributed by atoms with Gasteiger partial charge >= 0.3 is 0 Å². The first-order valence-corrected chi connectivity index (χ1v) is 7.27. The minimum atomic E-state index is -0.190. The molecule has 5 nitrogen and oxygen atoms in total. The van der Waals surface area contributed by atoms with Crippen LogP contribution in [-0.2, 0) is 0 Å². The molecule has 0 heterocycles. The number of nitrogens with one attached hydrogen (secondary N) is 1. The summed E-state index contributed by atoms with van der Waals surface area (Å²) in [6, 6.07) is 5.13. The molecule has 1 unspecified atom stereocenters. The molecular weight excluding hydrogens is 270 g/mol. The molecule has 1 rings (SSSR count). The molecule has 21 heavy (non-hydrogen) atoms. The van der Waals surface area contributed by atoms with Gasteiger partial charge in [0.25, 0.3) is 5.91 Å². The number of rotatable bonds is 9. The van der Waals surface area contributed by atoms with Crippen molar-refractivity contribution < 1.29 is 19.4 Å². The van der Waals surface area contributed by atoms with Crippen LogP contribution in [0.4, 0.5) is 0 Å². The van der Waals surface area contributed by atoms with Crippen LogP contribution in [0.25, 0.3) is 0 Å². The van der Waals surface area contributed by atoms with E-state index in [1.54, 1.807) is 25.3 Å². The maximum Gasteiger partial charge on any atom is 0.255 e. The Morgan fingerprint density at radius 1 is 1.29 bits per heavy atom. The van der Waals surface area contributed by atoms with Crippen LogP contribution in [0.2, 0.25) is 0 Å². The van der Waals surface area contributed by atoms with Crippen molar-refractivity contribution in [3.05, 3.63) is 23.8 Å². The fraction of sp³-hybridized carbons (Fsp3) is 0.562. The van der Waals surface area contributed by atoms with Gasteiger partial charge in [-0.1, -0.05) is 13.3 Å². The van der Waals surface area contributed by atoms with Crippen LogP contribution in [0.1, 0.15) is 36.5 Å². The predicted octanol–water partition coefficient (Wildman–Crippen LogP) is 2.23. The Morgan fingerprint density at radius 2 is 2.05 bits per heavy atom. The highest BCUT2D eigenvalue weighted by Gasteiger charge is 2.15. The van der Waals surface area contributed by atoms with Crippen LogP contribution in [0.15, 0.2) is 18.2 Å². The van der Waals surface area contributed by atoms with Crippen molar-refractivity contribution in [2.75, 3.05) is 27.4 Å². The lowest BCUT2D eigenvalue weighted by molar-refractivity contribution is 0.0939. The molecular formula is C16H25NO4. The van der Waals surface area contributed by atoms with Gasteiger partial charge in [0.2, 0.25) is 0 Å². The van der Waals surface area contributed by atoms with Gasteiger partial charge in [0, 0.05) is 13.2 Å². The van der Waals surface area contributed by atoms with Gasteiger partial charge in [-0.3, -0.25) is 4.79 Å². The summed E-state index contributed by atoms with van der Waals surface area (Å²) >= 11 is 0.